The molecule has 1 aromatic carbocycles. The van der Waals surface area contributed by atoms with Crippen LogP contribution in [0.3, 0.4) is 0 Å². The van der Waals surface area contributed by atoms with Crippen molar-refractivity contribution in [2.45, 2.75) is 6.92 Å². The van der Waals surface area contributed by atoms with E-state index in [9.17, 15) is 9.59 Å². The van der Waals surface area contributed by atoms with Crippen molar-refractivity contribution < 1.29 is 9.59 Å². The first-order valence-electron chi connectivity index (χ1n) is 6.66. The van der Waals surface area contributed by atoms with E-state index in [1.165, 1.54) is 11.1 Å². The average Bonchev–Trinajstić information content (AvgIpc) is 2.52. The summed E-state index contributed by atoms with van der Waals surface area (Å²) in [7, 11) is 0. The van der Waals surface area contributed by atoms with Crippen LogP contribution in [-0.4, -0.2) is 22.7 Å². The Kier molecular flexibility index (Phi) is 5.69. The summed E-state index contributed by atoms with van der Waals surface area (Å²) in [5.41, 5.74) is 1.14. The number of hydrogen-bond donors (Lipinski definition) is 0. The van der Waals surface area contributed by atoms with Crippen LogP contribution in [-0.2, 0) is 4.79 Å². The van der Waals surface area contributed by atoms with Gasteiger partial charge in [-0.05, 0) is 45.7 Å². The third-order valence-electron chi connectivity index (χ3n) is 3.11. The molecule has 2 rings (SSSR count). The van der Waals surface area contributed by atoms with Gasteiger partial charge in [0.1, 0.15) is 0 Å². The van der Waals surface area contributed by atoms with E-state index in [4.69, 9.17) is 11.6 Å². The van der Waals surface area contributed by atoms with Crippen molar-refractivity contribution in [2.75, 3.05) is 11.4 Å². The lowest BCUT2D eigenvalue weighted by Gasteiger charge is -2.25. The molecule has 2 aromatic rings. The summed E-state index contributed by atoms with van der Waals surface area (Å²) >= 11 is 8.84. The highest BCUT2D eigenvalue weighted by Gasteiger charge is 2.23. The highest BCUT2D eigenvalue weighted by Crippen LogP contribution is 2.20. The molecule has 0 bridgehead atoms. The van der Waals surface area contributed by atoms with Crippen LogP contribution >= 0.6 is 27.5 Å². The number of carbonyl (C=O) groups is 2. The van der Waals surface area contributed by atoms with Gasteiger partial charge in [-0.3, -0.25) is 14.6 Å². The van der Waals surface area contributed by atoms with Gasteiger partial charge < -0.3 is 4.90 Å². The van der Waals surface area contributed by atoms with Gasteiger partial charge in [0.25, 0.3) is 5.91 Å². The van der Waals surface area contributed by atoms with Gasteiger partial charge in [-0.25, -0.2) is 0 Å². The fourth-order valence-corrected chi connectivity index (χ4v) is 2.38. The fourth-order valence-electron chi connectivity index (χ4n) is 1.94. The number of halogens is 2. The number of anilines is 1. The van der Waals surface area contributed by atoms with Crippen molar-refractivity contribution in [2.24, 2.45) is 5.92 Å². The molecular weight excluding hydrogens is 368 g/mol. The van der Waals surface area contributed by atoms with E-state index >= 15 is 0 Å². The van der Waals surface area contributed by atoms with Crippen molar-refractivity contribution in [1.29, 1.82) is 0 Å². The Hall–Kier alpha value is -1.72. The quantitative estimate of drug-likeness (QED) is 0.738. The summed E-state index contributed by atoms with van der Waals surface area (Å²) < 4.78 is 0.716. The molecule has 0 aliphatic rings. The van der Waals surface area contributed by atoms with E-state index in [1.807, 2.05) is 30.3 Å². The zero-order chi connectivity index (χ0) is 16.1. The van der Waals surface area contributed by atoms with Crippen LogP contribution in [0.25, 0.3) is 0 Å². The Balaban J connectivity index is 2.35. The molecule has 6 heteroatoms. The van der Waals surface area contributed by atoms with Gasteiger partial charge in [-0.1, -0.05) is 25.1 Å². The number of para-hydroxylation sites is 1. The fraction of sp³-hybridized carbons (Fsp3) is 0.188. The highest BCUT2D eigenvalue weighted by atomic mass is 79.9. The first-order chi connectivity index (χ1) is 10.5. The summed E-state index contributed by atoms with van der Waals surface area (Å²) in [6.45, 7) is 1.90. The van der Waals surface area contributed by atoms with Gasteiger partial charge in [0.2, 0.25) is 5.24 Å². The molecule has 0 saturated carbocycles. The van der Waals surface area contributed by atoms with Crippen molar-refractivity contribution in [3.63, 3.8) is 0 Å². The summed E-state index contributed by atoms with van der Waals surface area (Å²) in [5, 5.41) is -0.471. The van der Waals surface area contributed by atoms with Crippen LogP contribution in [0.15, 0.2) is 53.3 Å². The third-order valence-corrected chi connectivity index (χ3v) is 3.91. The Bertz CT molecular complexity index is 679. The van der Waals surface area contributed by atoms with Gasteiger partial charge in [-0.2, -0.15) is 0 Å². The monoisotopic (exact) mass is 380 g/mol. The predicted molar refractivity (Wildman–Crippen MR) is 90.1 cm³/mol. The van der Waals surface area contributed by atoms with Gasteiger partial charge in [-0.15, -0.1) is 0 Å². The molecule has 1 aromatic heterocycles. The van der Waals surface area contributed by atoms with E-state index in [1.54, 1.807) is 19.2 Å². The maximum Gasteiger partial charge on any atom is 0.259 e. The van der Waals surface area contributed by atoms with E-state index in [-0.39, 0.29) is 12.5 Å². The molecule has 1 heterocycles. The maximum absolute atomic E-state index is 12.8. The summed E-state index contributed by atoms with van der Waals surface area (Å²) in [6, 6.07) is 10.9. The zero-order valence-corrected chi connectivity index (χ0v) is 14.2. The van der Waals surface area contributed by atoms with Crippen LogP contribution in [0.5, 0.6) is 0 Å². The molecule has 0 aliphatic heterocycles. The minimum Gasteiger partial charge on any atom is -0.308 e. The number of aromatic nitrogens is 1. The second-order valence-electron chi connectivity index (χ2n) is 4.85. The van der Waals surface area contributed by atoms with Crippen molar-refractivity contribution in [3.05, 3.63) is 58.8 Å². The predicted octanol–water partition coefficient (Wildman–Crippen LogP) is 3.89. The largest absolute Gasteiger partial charge is 0.308 e. The molecule has 1 atom stereocenters. The Morgan fingerprint density at radius 1 is 1.27 bits per heavy atom. The molecule has 0 aliphatic carbocycles. The minimum absolute atomic E-state index is 0.206. The molecule has 114 valence electrons. The molecule has 0 N–H and O–H groups in total. The van der Waals surface area contributed by atoms with E-state index in [0.29, 0.717) is 15.7 Å². The first kappa shape index (κ1) is 16.6. The summed E-state index contributed by atoms with van der Waals surface area (Å²) in [4.78, 5) is 29.6. The first-order valence-corrected chi connectivity index (χ1v) is 7.83. The number of carbonyl (C=O) groups excluding carboxylic acids is 2. The van der Waals surface area contributed by atoms with Crippen molar-refractivity contribution in [3.8, 4) is 0 Å². The van der Waals surface area contributed by atoms with Gasteiger partial charge in [0, 0.05) is 35.0 Å². The van der Waals surface area contributed by atoms with E-state index < -0.39 is 11.2 Å². The van der Waals surface area contributed by atoms with Crippen LogP contribution in [0, 0.1) is 5.92 Å². The molecule has 4 nitrogen and oxygen atoms in total. The van der Waals surface area contributed by atoms with Crippen LogP contribution in [0.1, 0.15) is 17.3 Å². The number of benzene rings is 1. The minimum atomic E-state index is -0.471. The lowest BCUT2D eigenvalue weighted by Crippen LogP contribution is -2.36. The summed E-state index contributed by atoms with van der Waals surface area (Å²) in [6.07, 6.45) is 3.10. The molecule has 1 unspecified atom stereocenters. The van der Waals surface area contributed by atoms with E-state index in [2.05, 4.69) is 20.9 Å². The van der Waals surface area contributed by atoms with Gasteiger partial charge in [0.15, 0.2) is 0 Å². The molecular formula is C16H14BrClN2O2. The number of rotatable bonds is 5. The average molecular weight is 382 g/mol. The normalized spacial score (nSPS) is 11.8. The summed E-state index contributed by atoms with van der Waals surface area (Å²) in [5.74, 6) is -0.698. The van der Waals surface area contributed by atoms with Crippen molar-refractivity contribution >= 4 is 44.4 Å². The van der Waals surface area contributed by atoms with Gasteiger partial charge in [0.05, 0.1) is 5.56 Å². The molecule has 22 heavy (non-hydrogen) atoms. The molecule has 0 radical (unpaired) electrons. The molecule has 0 spiro atoms. The number of nitrogens with zero attached hydrogens (tertiary/aromatic N) is 2. The second kappa shape index (κ2) is 7.51. The molecule has 1 amide bonds. The molecule has 0 fully saturated rings. The zero-order valence-electron chi connectivity index (χ0n) is 11.9. The second-order valence-corrected chi connectivity index (χ2v) is 6.14. The smallest absolute Gasteiger partial charge is 0.259 e. The van der Waals surface area contributed by atoms with E-state index in [0.717, 1.165) is 0 Å². The Labute approximate surface area is 142 Å². The third kappa shape index (κ3) is 4.15. The number of amides is 1. The lowest BCUT2D eigenvalue weighted by atomic mass is 10.1. The Morgan fingerprint density at radius 3 is 2.55 bits per heavy atom. The van der Waals surface area contributed by atoms with Crippen LogP contribution in [0.2, 0.25) is 0 Å². The Morgan fingerprint density at radius 2 is 1.95 bits per heavy atom. The molecule has 0 saturated heterocycles. The number of hydrogen-bond acceptors (Lipinski definition) is 3. The lowest BCUT2D eigenvalue weighted by molar-refractivity contribution is -0.114. The standard InChI is InChI=1S/C16H14BrClN2O2/c1-11(15(18)21)10-20(14-5-3-2-4-6-14)16(22)12-7-13(17)9-19-8-12/h2-9,11H,10H2,1H3. The number of pyridine rings is 1. The SMILES string of the molecule is CC(CN(C(=O)c1cncc(Br)c1)c1ccccc1)C(=O)Cl. The van der Waals surface area contributed by atoms with Crippen molar-refractivity contribution in [1.82, 2.24) is 4.98 Å². The highest BCUT2D eigenvalue weighted by molar-refractivity contribution is 9.10. The van der Waals surface area contributed by atoms with Crippen LogP contribution in [0.4, 0.5) is 5.69 Å². The maximum atomic E-state index is 12.8. The van der Waals surface area contributed by atoms with Gasteiger partial charge >= 0.3 is 0 Å². The van der Waals surface area contributed by atoms with Crippen LogP contribution < -0.4 is 4.90 Å². The topological polar surface area (TPSA) is 50.3 Å².